The van der Waals surface area contributed by atoms with Crippen molar-refractivity contribution in [2.45, 2.75) is 18.4 Å². The number of thioether (sulfide) groups is 1. The average Bonchev–Trinajstić information content (AvgIpc) is 2.90. The van der Waals surface area contributed by atoms with Crippen molar-refractivity contribution >= 4 is 22.8 Å². The summed E-state index contributed by atoms with van der Waals surface area (Å²) < 4.78 is 1.85. The molecule has 0 aliphatic carbocycles. The van der Waals surface area contributed by atoms with Crippen LogP contribution in [0.1, 0.15) is 13.3 Å². The van der Waals surface area contributed by atoms with Gasteiger partial charge in [0, 0.05) is 0 Å². The second-order valence-electron chi connectivity index (χ2n) is 4.16. The zero-order chi connectivity index (χ0) is 13.1. The molecule has 0 bridgehead atoms. The smallest absolute Gasteiger partial charge is 0.167 e. The molecule has 5 heteroatoms. The lowest BCUT2D eigenvalue weighted by molar-refractivity contribution is 0.893. The van der Waals surface area contributed by atoms with Gasteiger partial charge in [-0.25, -0.2) is 14.6 Å². The van der Waals surface area contributed by atoms with E-state index >= 15 is 0 Å². The molecular formula is C14H14N4S. The lowest BCUT2D eigenvalue weighted by Gasteiger charge is -2.03. The van der Waals surface area contributed by atoms with Crippen molar-refractivity contribution in [2.75, 3.05) is 5.75 Å². The first-order valence-electron chi connectivity index (χ1n) is 6.27. The van der Waals surface area contributed by atoms with Gasteiger partial charge in [-0.1, -0.05) is 25.1 Å². The number of nitrogens with zero attached hydrogens (tertiary/aromatic N) is 4. The van der Waals surface area contributed by atoms with E-state index in [0.717, 1.165) is 33.9 Å². The van der Waals surface area contributed by atoms with E-state index in [1.54, 1.807) is 18.1 Å². The third-order valence-electron chi connectivity index (χ3n) is 2.77. The number of aromatic nitrogens is 4. The summed E-state index contributed by atoms with van der Waals surface area (Å²) in [7, 11) is 0. The Balaban J connectivity index is 2.09. The Kier molecular flexibility index (Phi) is 3.46. The molecule has 3 rings (SSSR count). The van der Waals surface area contributed by atoms with Gasteiger partial charge in [0.2, 0.25) is 0 Å². The average molecular weight is 270 g/mol. The molecule has 2 heterocycles. The minimum Gasteiger partial charge on any atom is -0.229 e. The van der Waals surface area contributed by atoms with Gasteiger partial charge < -0.3 is 0 Å². The van der Waals surface area contributed by atoms with Crippen molar-refractivity contribution < 1.29 is 0 Å². The fraction of sp³-hybridized carbons (Fsp3) is 0.214. The first-order valence-corrected chi connectivity index (χ1v) is 7.25. The zero-order valence-electron chi connectivity index (χ0n) is 10.7. The molecule has 4 nitrogen and oxygen atoms in total. The van der Waals surface area contributed by atoms with Crippen LogP contribution in [-0.2, 0) is 0 Å². The second kappa shape index (κ2) is 5.40. The third-order valence-corrected chi connectivity index (χ3v) is 3.98. The molecule has 0 saturated carbocycles. The number of para-hydroxylation sites is 1. The van der Waals surface area contributed by atoms with Gasteiger partial charge >= 0.3 is 0 Å². The summed E-state index contributed by atoms with van der Waals surface area (Å²) in [6.45, 7) is 2.17. The molecular weight excluding hydrogens is 256 g/mol. The number of fused-ring (bicyclic) bond motifs is 1. The van der Waals surface area contributed by atoms with Crippen molar-refractivity contribution in [3.05, 3.63) is 42.9 Å². The monoisotopic (exact) mass is 270 g/mol. The molecule has 0 aliphatic rings. The van der Waals surface area contributed by atoms with E-state index in [1.807, 2.05) is 41.2 Å². The minimum absolute atomic E-state index is 0.861. The van der Waals surface area contributed by atoms with Crippen LogP contribution in [0.3, 0.4) is 0 Å². The van der Waals surface area contributed by atoms with Gasteiger partial charge in [0.1, 0.15) is 11.4 Å². The standard InChI is InChI=1S/C14H14N4S/c1-2-8-19-14-12-9-17-18(13(12)15-10-16-14)11-6-4-3-5-7-11/h3-7,9-10H,2,8H2,1H3. The van der Waals surface area contributed by atoms with Crippen molar-refractivity contribution in [3.8, 4) is 5.69 Å². The van der Waals surface area contributed by atoms with Crippen molar-refractivity contribution in [1.29, 1.82) is 0 Å². The van der Waals surface area contributed by atoms with Crippen LogP contribution in [-0.4, -0.2) is 25.5 Å². The minimum atomic E-state index is 0.861. The highest BCUT2D eigenvalue weighted by Gasteiger charge is 2.10. The van der Waals surface area contributed by atoms with E-state index in [-0.39, 0.29) is 0 Å². The van der Waals surface area contributed by atoms with Crippen LogP contribution in [0.25, 0.3) is 16.7 Å². The Morgan fingerprint density at radius 2 is 2.00 bits per heavy atom. The summed E-state index contributed by atoms with van der Waals surface area (Å²) in [4.78, 5) is 8.71. The predicted octanol–water partition coefficient (Wildman–Crippen LogP) is 3.32. The molecule has 2 aromatic heterocycles. The fourth-order valence-electron chi connectivity index (χ4n) is 1.89. The molecule has 0 amide bonds. The molecule has 1 aromatic carbocycles. The summed E-state index contributed by atoms with van der Waals surface area (Å²) in [5.41, 5.74) is 1.88. The Labute approximate surface area is 115 Å². The summed E-state index contributed by atoms with van der Waals surface area (Å²) >= 11 is 1.75. The predicted molar refractivity (Wildman–Crippen MR) is 77.7 cm³/mol. The van der Waals surface area contributed by atoms with Crippen LogP contribution in [0, 0.1) is 0 Å². The number of hydrogen-bond donors (Lipinski definition) is 0. The highest BCUT2D eigenvalue weighted by Crippen LogP contribution is 2.25. The number of hydrogen-bond acceptors (Lipinski definition) is 4. The maximum atomic E-state index is 4.44. The highest BCUT2D eigenvalue weighted by molar-refractivity contribution is 7.99. The summed E-state index contributed by atoms with van der Waals surface area (Å²) in [5.74, 6) is 1.06. The normalized spacial score (nSPS) is 11.0. The number of rotatable bonds is 4. The van der Waals surface area contributed by atoms with Gasteiger partial charge in [-0.15, -0.1) is 11.8 Å². The van der Waals surface area contributed by atoms with E-state index in [1.165, 1.54) is 0 Å². The van der Waals surface area contributed by atoms with E-state index in [0.29, 0.717) is 0 Å². The zero-order valence-corrected chi connectivity index (χ0v) is 11.5. The Bertz CT molecular complexity index is 678. The van der Waals surface area contributed by atoms with Gasteiger partial charge in [-0.2, -0.15) is 5.10 Å². The molecule has 0 N–H and O–H groups in total. The van der Waals surface area contributed by atoms with Gasteiger partial charge in [-0.3, -0.25) is 0 Å². The van der Waals surface area contributed by atoms with E-state index in [4.69, 9.17) is 0 Å². The lowest BCUT2D eigenvalue weighted by atomic mass is 10.3. The Hall–Kier alpha value is -1.88. The van der Waals surface area contributed by atoms with Crippen LogP contribution in [0.5, 0.6) is 0 Å². The summed E-state index contributed by atoms with van der Waals surface area (Å²) in [6.07, 6.45) is 4.59. The molecule has 19 heavy (non-hydrogen) atoms. The third kappa shape index (κ3) is 2.33. The summed E-state index contributed by atoms with van der Waals surface area (Å²) in [6, 6.07) is 10.0. The Morgan fingerprint density at radius 3 is 2.79 bits per heavy atom. The summed E-state index contributed by atoms with van der Waals surface area (Å²) in [5, 5.41) is 6.46. The first-order chi connectivity index (χ1) is 9.40. The molecule has 96 valence electrons. The highest BCUT2D eigenvalue weighted by atomic mass is 32.2. The van der Waals surface area contributed by atoms with Crippen molar-refractivity contribution in [3.63, 3.8) is 0 Å². The Morgan fingerprint density at radius 1 is 1.16 bits per heavy atom. The maximum absolute atomic E-state index is 4.44. The topological polar surface area (TPSA) is 43.6 Å². The first kappa shape index (κ1) is 12.2. The van der Waals surface area contributed by atoms with Crippen LogP contribution < -0.4 is 0 Å². The van der Waals surface area contributed by atoms with Gasteiger partial charge in [-0.05, 0) is 24.3 Å². The molecule has 0 aliphatic heterocycles. The van der Waals surface area contributed by atoms with Crippen LogP contribution >= 0.6 is 11.8 Å². The van der Waals surface area contributed by atoms with Crippen LogP contribution in [0.4, 0.5) is 0 Å². The van der Waals surface area contributed by atoms with E-state index < -0.39 is 0 Å². The lowest BCUT2D eigenvalue weighted by Crippen LogP contribution is -1.97. The van der Waals surface area contributed by atoms with Crippen LogP contribution in [0.15, 0.2) is 47.9 Å². The fourth-order valence-corrected chi connectivity index (χ4v) is 2.71. The molecule has 0 spiro atoms. The van der Waals surface area contributed by atoms with Gasteiger partial charge in [0.25, 0.3) is 0 Å². The molecule has 0 atom stereocenters. The quantitative estimate of drug-likeness (QED) is 0.539. The molecule has 0 fully saturated rings. The SMILES string of the molecule is CCCSc1ncnc2c1cnn2-c1ccccc1. The number of benzene rings is 1. The molecule has 0 unspecified atom stereocenters. The van der Waals surface area contributed by atoms with E-state index in [9.17, 15) is 0 Å². The van der Waals surface area contributed by atoms with Crippen molar-refractivity contribution in [1.82, 2.24) is 19.7 Å². The van der Waals surface area contributed by atoms with Crippen LogP contribution in [0.2, 0.25) is 0 Å². The molecule has 0 saturated heterocycles. The van der Waals surface area contributed by atoms with Crippen molar-refractivity contribution in [2.24, 2.45) is 0 Å². The van der Waals surface area contributed by atoms with Gasteiger partial charge in [0.15, 0.2) is 5.65 Å². The molecule has 0 radical (unpaired) electrons. The van der Waals surface area contributed by atoms with Gasteiger partial charge in [0.05, 0.1) is 17.3 Å². The second-order valence-corrected chi connectivity index (χ2v) is 5.24. The largest absolute Gasteiger partial charge is 0.229 e. The van der Waals surface area contributed by atoms with E-state index in [2.05, 4.69) is 22.0 Å². The maximum Gasteiger partial charge on any atom is 0.167 e. The molecule has 3 aromatic rings.